The van der Waals surface area contributed by atoms with E-state index in [1.807, 2.05) is 19.0 Å². The molecule has 0 fully saturated rings. The maximum atomic E-state index is 13.1. The van der Waals surface area contributed by atoms with Gasteiger partial charge in [0.2, 0.25) is 0 Å². The Labute approximate surface area is 123 Å². The fourth-order valence-electron chi connectivity index (χ4n) is 2.02. The van der Waals surface area contributed by atoms with Gasteiger partial charge in [0.15, 0.2) is 17.5 Å². The molecular formula is C15H21F3N2O. The molecule has 1 aromatic carbocycles. The number of hydrogen-bond donors (Lipinski definition) is 1. The SMILES string of the molecule is CC(C)CC(CNC(=O)c1cc(F)c(F)c(F)c1)N(C)C. The summed E-state index contributed by atoms with van der Waals surface area (Å²) in [6.07, 6.45) is 0.874. The predicted octanol–water partition coefficient (Wildman–Crippen LogP) is 2.81. The first-order valence-corrected chi connectivity index (χ1v) is 6.81. The molecule has 0 spiro atoms. The van der Waals surface area contributed by atoms with Gasteiger partial charge in [-0.25, -0.2) is 13.2 Å². The molecule has 0 aliphatic rings. The van der Waals surface area contributed by atoms with Gasteiger partial charge in [0.1, 0.15) is 0 Å². The Morgan fingerprint density at radius 2 is 1.71 bits per heavy atom. The molecule has 0 bridgehead atoms. The third kappa shape index (κ3) is 5.04. The fraction of sp³-hybridized carbons (Fsp3) is 0.533. The van der Waals surface area contributed by atoms with Gasteiger partial charge in [-0.15, -0.1) is 0 Å². The Bertz CT molecular complexity index is 481. The number of benzene rings is 1. The average molecular weight is 302 g/mol. The molecule has 1 aromatic rings. The van der Waals surface area contributed by atoms with E-state index in [-0.39, 0.29) is 11.6 Å². The molecule has 3 nitrogen and oxygen atoms in total. The molecule has 0 saturated carbocycles. The van der Waals surface area contributed by atoms with Crippen LogP contribution in [0.2, 0.25) is 0 Å². The number of amides is 1. The van der Waals surface area contributed by atoms with E-state index in [2.05, 4.69) is 19.2 Å². The van der Waals surface area contributed by atoms with Gasteiger partial charge in [0.25, 0.3) is 5.91 Å². The topological polar surface area (TPSA) is 32.3 Å². The zero-order chi connectivity index (χ0) is 16.2. The second-order valence-electron chi connectivity index (χ2n) is 5.71. The smallest absolute Gasteiger partial charge is 0.251 e. The number of halogens is 3. The van der Waals surface area contributed by atoms with Crippen LogP contribution in [0.4, 0.5) is 13.2 Å². The maximum Gasteiger partial charge on any atom is 0.251 e. The number of likely N-dealkylation sites (N-methyl/N-ethyl adjacent to an activating group) is 1. The van der Waals surface area contributed by atoms with E-state index in [1.165, 1.54) is 0 Å². The molecule has 0 aromatic heterocycles. The van der Waals surface area contributed by atoms with Gasteiger partial charge in [-0.3, -0.25) is 4.79 Å². The summed E-state index contributed by atoms with van der Waals surface area (Å²) >= 11 is 0. The minimum Gasteiger partial charge on any atom is -0.350 e. The molecule has 0 saturated heterocycles. The number of carbonyl (C=O) groups is 1. The van der Waals surface area contributed by atoms with Crippen LogP contribution in [0.1, 0.15) is 30.6 Å². The molecule has 1 unspecified atom stereocenters. The van der Waals surface area contributed by atoms with Crippen LogP contribution in [0.3, 0.4) is 0 Å². The van der Waals surface area contributed by atoms with E-state index in [4.69, 9.17) is 0 Å². The monoisotopic (exact) mass is 302 g/mol. The first kappa shape index (κ1) is 17.5. The predicted molar refractivity (Wildman–Crippen MR) is 75.6 cm³/mol. The lowest BCUT2D eigenvalue weighted by molar-refractivity contribution is 0.0937. The second kappa shape index (κ2) is 7.45. The molecule has 0 heterocycles. The number of carbonyl (C=O) groups excluding carboxylic acids is 1. The van der Waals surface area contributed by atoms with Crippen molar-refractivity contribution in [3.63, 3.8) is 0 Å². The Kier molecular flexibility index (Phi) is 6.20. The highest BCUT2D eigenvalue weighted by Gasteiger charge is 2.18. The van der Waals surface area contributed by atoms with E-state index < -0.39 is 23.4 Å². The van der Waals surface area contributed by atoms with Crippen molar-refractivity contribution in [1.82, 2.24) is 10.2 Å². The quantitative estimate of drug-likeness (QED) is 0.820. The average Bonchev–Trinajstić information content (AvgIpc) is 2.39. The van der Waals surface area contributed by atoms with Gasteiger partial charge in [-0.05, 0) is 38.6 Å². The van der Waals surface area contributed by atoms with Crippen LogP contribution in [0, 0.1) is 23.4 Å². The highest BCUT2D eigenvalue weighted by atomic mass is 19.2. The molecule has 1 rings (SSSR count). The number of hydrogen-bond acceptors (Lipinski definition) is 2. The molecule has 1 atom stereocenters. The number of nitrogens with zero attached hydrogens (tertiary/aromatic N) is 1. The lowest BCUT2D eigenvalue weighted by Crippen LogP contribution is -2.41. The highest BCUT2D eigenvalue weighted by Crippen LogP contribution is 2.14. The van der Waals surface area contributed by atoms with Gasteiger partial charge in [0, 0.05) is 18.2 Å². The van der Waals surface area contributed by atoms with Crippen LogP contribution >= 0.6 is 0 Å². The Balaban J connectivity index is 2.72. The summed E-state index contributed by atoms with van der Waals surface area (Å²) in [7, 11) is 3.80. The summed E-state index contributed by atoms with van der Waals surface area (Å²) in [6, 6.07) is 1.51. The third-order valence-electron chi connectivity index (χ3n) is 3.22. The minimum absolute atomic E-state index is 0.115. The number of rotatable bonds is 6. The van der Waals surface area contributed by atoms with Crippen molar-refractivity contribution in [2.75, 3.05) is 20.6 Å². The van der Waals surface area contributed by atoms with Crippen LogP contribution in [-0.2, 0) is 0 Å². The maximum absolute atomic E-state index is 13.1. The summed E-state index contributed by atoms with van der Waals surface area (Å²) in [4.78, 5) is 13.9. The zero-order valence-electron chi connectivity index (χ0n) is 12.7. The van der Waals surface area contributed by atoms with E-state index >= 15 is 0 Å². The number of nitrogens with one attached hydrogen (secondary N) is 1. The largest absolute Gasteiger partial charge is 0.350 e. The summed E-state index contributed by atoms with van der Waals surface area (Å²) in [5.74, 6) is -4.48. The fourth-order valence-corrected chi connectivity index (χ4v) is 2.02. The van der Waals surface area contributed by atoms with Crippen molar-refractivity contribution in [3.05, 3.63) is 35.1 Å². The molecule has 21 heavy (non-hydrogen) atoms. The van der Waals surface area contributed by atoms with Crippen LogP contribution in [0.5, 0.6) is 0 Å². The van der Waals surface area contributed by atoms with Gasteiger partial charge >= 0.3 is 0 Å². The van der Waals surface area contributed by atoms with E-state index in [0.29, 0.717) is 24.6 Å². The van der Waals surface area contributed by atoms with E-state index in [1.54, 1.807) is 0 Å². The normalized spacial score (nSPS) is 12.8. The summed E-state index contributed by atoms with van der Waals surface area (Å²) in [5, 5.41) is 2.62. The van der Waals surface area contributed by atoms with Crippen molar-refractivity contribution in [1.29, 1.82) is 0 Å². The van der Waals surface area contributed by atoms with Crippen molar-refractivity contribution in [2.24, 2.45) is 5.92 Å². The van der Waals surface area contributed by atoms with Crippen molar-refractivity contribution >= 4 is 5.91 Å². The van der Waals surface area contributed by atoms with Crippen LogP contribution in [0.25, 0.3) is 0 Å². The van der Waals surface area contributed by atoms with Crippen molar-refractivity contribution in [2.45, 2.75) is 26.3 Å². The molecular weight excluding hydrogens is 281 g/mol. The molecule has 0 aliphatic carbocycles. The molecule has 1 amide bonds. The lowest BCUT2D eigenvalue weighted by Gasteiger charge is -2.26. The standard InChI is InChI=1S/C15H21F3N2O/c1-9(2)5-11(20(3)4)8-19-15(21)10-6-12(16)14(18)13(17)7-10/h6-7,9,11H,5,8H2,1-4H3,(H,19,21). The van der Waals surface area contributed by atoms with Gasteiger partial charge in [0.05, 0.1) is 0 Å². The minimum atomic E-state index is -1.57. The van der Waals surface area contributed by atoms with Crippen LogP contribution in [-0.4, -0.2) is 37.5 Å². The van der Waals surface area contributed by atoms with Gasteiger partial charge in [-0.1, -0.05) is 13.8 Å². The lowest BCUT2D eigenvalue weighted by atomic mass is 10.0. The molecule has 6 heteroatoms. The van der Waals surface area contributed by atoms with Crippen LogP contribution in [0.15, 0.2) is 12.1 Å². The molecule has 118 valence electrons. The van der Waals surface area contributed by atoms with Gasteiger partial charge < -0.3 is 10.2 Å². The molecule has 0 aliphatic heterocycles. The Morgan fingerprint density at radius 3 is 2.14 bits per heavy atom. The van der Waals surface area contributed by atoms with Gasteiger partial charge in [-0.2, -0.15) is 0 Å². The van der Waals surface area contributed by atoms with E-state index in [9.17, 15) is 18.0 Å². The first-order valence-electron chi connectivity index (χ1n) is 6.81. The van der Waals surface area contributed by atoms with Crippen molar-refractivity contribution < 1.29 is 18.0 Å². The zero-order valence-corrected chi connectivity index (χ0v) is 12.7. The third-order valence-corrected chi connectivity index (χ3v) is 3.22. The first-order chi connectivity index (χ1) is 9.72. The second-order valence-corrected chi connectivity index (χ2v) is 5.71. The highest BCUT2D eigenvalue weighted by molar-refractivity contribution is 5.94. The Hall–Kier alpha value is -1.56. The van der Waals surface area contributed by atoms with Crippen molar-refractivity contribution in [3.8, 4) is 0 Å². The summed E-state index contributed by atoms with van der Waals surface area (Å²) in [5.41, 5.74) is -0.228. The van der Waals surface area contributed by atoms with E-state index in [0.717, 1.165) is 6.42 Å². The summed E-state index contributed by atoms with van der Waals surface area (Å²) < 4.78 is 39.0. The molecule has 0 radical (unpaired) electrons. The molecule has 1 N–H and O–H groups in total. The van der Waals surface area contributed by atoms with Crippen LogP contribution < -0.4 is 5.32 Å². The summed E-state index contributed by atoms with van der Waals surface area (Å²) in [6.45, 7) is 4.50. The Morgan fingerprint density at radius 1 is 1.19 bits per heavy atom.